The summed E-state index contributed by atoms with van der Waals surface area (Å²) in [5.41, 5.74) is 3.76. The molecule has 1 aliphatic rings. The number of aryl methyl sites for hydroxylation is 1. The number of carboxylic acids is 1. The Morgan fingerprint density at radius 3 is 2.48 bits per heavy atom. The first-order valence-electron chi connectivity index (χ1n) is 13.0. The van der Waals surface area contributed by atoms with E-state index in [0.717, 1.165) is 41.7 Å². The van der Waals surface area contributed by atoms with E-state index < -0.39 is 18.2 Å². The maximum Gasteiger partial charge on any atom is 0.573 e. The van der Waals surface area contributed by atoms with E-state index in [4.69, 9.17) is 5.11 Å². The summed E-state index contributed by atoms with van der Waals surface area (Å²) in [5, 5.41) is 11.7. The lowest BCUT2D eigenvalue weighted by Gasteiger charge is -2.28. The van der Waals surface area contributed by atoms with Crippen LogP contribution in [-0.4, -0.2) is 32.7 Å². The monoisotopic (exact) mass is 571 g/mol. The first-order valence-corrected chi connectivity index (χ1v) is 13.8. The molecule has 2 heterocycles. The van der Waals surface area contributed by atoms with Crippen molar-refractivity contribution in [3.63, 3.8) is 0 Å². The fraction of sp³-hybridized carbons (Fsp3) is 0.345. The predicted molar refractivity (Wildman–Crippen MR) is 144 cm³/mol. The summed E-state index contributed by atoms with van der Waals surface area (Å²) in [6, 6.07) is 12.4. The van der Waals surface area contributed by atoms with Crippen molar-refractivity contribution in [1.82, 2.24) is 14.7 Å². The third-order valence-electron chi connectivity index (χ3n) is 7.36. The molecule has 4 aromatic rings. The molecule has 0 aliphatic heterocycles. The second-order valence-corrected chi connectivity index (χ2v) is 11.2. The molecule has 1 amide bonds. The Morgan fingerprint density at radius 1 is 1.10 bits per heavy atom. The molecule has 0 atom stereocenters. The van der Waals surface area contributed by atoms with Crippen molar-refractivity contribution in [2.24, 2.45) is 5.92 Å². The number of nitrogens with zero attached hydrogens (tertiary/aromatic N) is 2. The van der Waals surface area contributed by atoms with Gasteiger partial charge in [0.1, 0.15) is 11.4 Å². The SMILES string of the molecule is Cc1ccc(OC(F)(F)F)cc1CNC(=O)c1cn2cc(-c3ccc(C4CCC(CC(=O)O)CC4)cc3)sc2n1. The molecule has 2 N–H and O–H groups in total. The number of imidazole rings is 1. The zero-order chi connectivity index (χ0) is 28.4. The summed E-state index contributed by atoms with van der Waals surface area (Å²) < 4.78 is 43.4. The fourth-order valence-corrected chi connectivity index (χ4v) is 6.18. The number of thiazole rings is 1. The maximum atomic E-state index is 12.7. The van der Waals surface area contributed by atoms with Gasteiger partial charge in [-0.3, -0.25) is 14.0 Å². The van der Waals surface area contributed by atoms with Gasteiger partial charge < -0.3 is 15.2 Å². The van der Waals surface area contributed by atoms with Crippen LogP contribution in [-0.2, 0) is 11.3 Å². The van der Waals surface area contributed by atoms with Crippen LogP contribution in [0.5, 0.6) is 5.75 Å². The molecule has 0 unspecified atom stereocenters. The Hall–Kier alpha value is -3.86. The van der Waals surface area contributed by atoms with E-state index in [0.29, 0.717) is 16.4 Å². The molecule has 2 aromatic heterocycles. The van der Waals surface area contributed by atoms with Crippen LogP contribution in [0.2, 0.25) is 0 Å². The van der Waals surface area contributed by atoms with Gasteiger partial charge in [0.15, 0.2) is 4.96 Å². The summed E-state index contributed by atoms with van der Waals surface area (Å²) in [7, 11) is 0. The second kappa shape index (κ2) is 11.3. The molecule has 0 spiro atoms. The average Bonchev–Trinajstić information content (AvgIpc) is 3.48. The number of rotatable bonds is 8. The molecule has 7 nitrogen and oxygen atoms in total. The van der Waals surface area contributed by atoms with Crippen LogP contribution in [0.3, 0.4) is 0 Å². The lowest BCUT2D eigenvalue weighted by atomic mass is 9.77. The second-order valence-electron chi connectivity index (χ2n) is 10.2. The zero-order valence-corrected chi connectivity index (χ0v) is 22.5. The number of alkyl halides is 3. The van der Waals surface area contributed by atoms with Crippen molar-refractivity contribution in [2.75, 3.05) is 0 Å². The molecule has 11 heteroatoms. The average molecular weight is 572 g/mol. The van der Waals surface area contributed by atoms with Crippen LogP contribution in [0.15, 0.2) is 54.9 Å². The highest BCUT2D eigenvalue weighted by molar-refractivity contribution is 7.20. The van der Waals surface area contributed by atoms with Crippen LogP contribution < -0.4 is 10.1 Å². The number of hydrogen-bond donors (Lipinski definition) is 2. The number of benzene rings is 2. The van der Waals surface area contributed by atoms with E-state index in [2.05, 4.69) is 39.3 Å². The number of aliphatic carboxylic acids is 1. The van der Waals surface area contributed by atoms with E-state index in [1.54, 1.807) is 17.5 Å². The number of fused-ring (bicyclic) bond motifs is 1. The quantitative estimate of drug-likeness (QED) is 0.239. The minimum absolute atomic E-state index is 0.0315. The van der Waals surface area contributed by atoms with Gasteiger partial charge in [-0.25, -0.2) is 4.98 Å². The first kappa shape index (κ1) is 27.7. The zero-order valence-electron chi connectivity index (χ0n) is 21.7. The minimum Gasteiger partial charge on any atom is -0.481 e. The Kier molecular flexibility index (Phi) is 7.84. The third kappa shape index (κ3) is 6.64. The van der Waals surface area contributed by atoms with Crippen molar-refractivity contribution < 1.29 is 32.6 Å². The van der Waals surface area contributed by atoms with E-state index in [1.807, 2.05) is 6.20 Å². The largest absolute Gasteiger partial charge is 0.573 e. The molecule has 2 aromatic carbocycles. The molecular formula is C29H28F3N3O4S. The summed E-state index contributed by atoms with van der Waals surface area (Å²) in [4.78, 5) is 29.8. The van der Waals surface area contributed by atoms with Crippen LogP contribution in [0, 0.1) is 12.8 Å². The van der Waals surface area contributed by atoms with Crippen LogP contribution in [0.25, 0.3) is 15.4 Å². The smallest absolute Gasteiger partial charge is 0.481 e. The lowest BCUT2D eigenvalue weighted by Crippen LogP contribution is -2.23. The highest BCUT2D eigenvalue weighted by Crippen LogP contribution is 2.38. The van der Waals surface area contributed by atoms with Gasteiger partial charge in [-0.15, -0.1) is 13.2 Å². The summed E-state index contributed by atoms with van der Waals surface area (Å²) in [5.74, 6) is -0.767. The van der Waals surface area contributed by atoms with Gasteiger partial charge in [-0.05, 0) is 78.8 Å². The lowest BCUT2D eigenvalue weighted by molar-refractivity contribution is -0.274. The molecular weight excluding hydrogens is 543 g/mol. The number of amides is 1. The van der Waals surface area contributed by atoms with Crippen molar-refractivity contribution in [3.05, 3.63) is 77.2 Å². The molecule has 0 saturated heterocycles. The van der Waals surface area contributed by atoms with Crippen molar-refractivity contribution >= 4 is 28.2 Å². The van der Waals surface area contributed by atoms with E-state index in [1.165, 1.54) is 35.1 Å². The van der Waals surface area contributed by atoms with Gasteiger partial charge in [-0.2, -0.15) is 0 Å². The molecule has 1 aliphatic carbocycles. The number of halogens is 3. The normalized spacial score (nSPS) is 17.6. The molecule has 210 valence electrons. The molecule has 1 saturated carbocycles. The Bertz CT molecular complexity index is 1490. The van der Waals surface area contributed by atoms with Crippen molar-refractivity contribution in [1.29, 1.82) is 0 Å². The maximum absolute atomic E-state index is 12.7. The van der Waals surface area contributed by atoms with Crippen LogP contribution >= 0.6 is 11.3 Å². The van der Waals surface area contributed by atoms with Gasteiger partial charge in [0.2, 0.25) is 0 Å². The van der Waals surface area contributed by atoms with E-state index >= 15 is 0 Å². The van der Waals surface area contributed by atoms with Crippen LogP contribution in [0.1, 0.15) is 65.2 Å². The van der Waals surface area contributed by atoms with Gasteiger partial charge in [-0.1, -0.05) is 41.7 Å². The topological polar surface area (TPSA) is 92.9 Å². The molecule has 0 radical (unpaired) electrons. The van der Waals surface area contributed by atoms with Gasteiger partial charge in [0.25, 0.3) is 5.91 Å². The van der Waals surface area contributed by atoms with Crippen molar-refractivity contribution in [2.45, 2.75) is 57.9 Å². The highest BCUT2D eigenvalue weighted by Gasteiger charge is 2.31. The Labute approximate surface area is 232 Å². The van der Waals surface area contributed by atoms with Gasteiger partial charge in [0, 0.05) is 25.4 Å². The number of carbonyl (C=O) groups excluding carboxylic acids is 1. The molecule has 5 rings (SSSR count). The summed E-state index contributed by atoms with van der Waals surface area (Å²) in [6.45, 7) is 1.77. The highest BCUT2D eigenvalue weighted by atomic mass is 32.1. The van der Waals surface area contributed by atoms with E-state index in [-0.39, 0.29) is 30.3 Å². The fourth-order valence-electron chi connectivity index (χ4n) is 5.21. The van der Waals surface area contributed by atoms with Gasteiger partial charge in [0.05, 0.1) is 4.88 Å². The molecule has 0 bridgehead atoms. The number of carbonyl (C=O) groups is 2. The number of ether oxygens (including phenoxy) is 1. The van der Waals surface area contributed by atoms with Crippen molar-refractivity contribution in [3.8, 4) is 16.2 Å². The first-order chi connectivity index (χ1) is 19.0. The van der Waals surface area contributed by atoms with Crippen LogP contribution in [0.4, 0.5) is 13.2 Å². The Balaban J connectivity index is 1.20. The Morgan fingerprint density at radius 2 is 1.82 bits per heavy atom. The standard InChI is InChI=1S/C29H28F3N3O4S/c1-17-2-11-23(39-29(30,31)32)13-22(17)14-33-27(38)24-15-35-16-25(40-28(35)34-24)21-9-7-20(8-10-21)19-5-3-18(4-6-19)12-26(36)37/h2,7-11,13,15-16,18-19H,3-6,12,14H2,1H3,(H,33,38)(H,36,37). The molecule has 40 heavy (non-hydrogen) atoms. The number of aromatic nitrogens is 2. The summed E-state index contributed by atoms with van der Waals surface area (Å²) >= 11 is 1.45. The third-order valence-corrected chi connectivity index (χ3v) is 8.40. The number of carboxylic acid groups (broad SMARTS) is 1. The predicted octanol–water partition coefficient (Wildman–Crippen LogP) is 6.95. The summed E-state index contributed by atoms with van der Waals surface area (Å²) in [6.07, 6.45) is 2.89. The van der Waals surface area contributed by atoms with E-state index in [9.17, 15) is 22.8 Å². The minimum atomic E-state index is -4.79. The number of hydrogen-bond acceptors (Lipinski definition) is 5. The number of nitrogens with one attached hydrogen (secondary N) is 1. The molecule has 1 fully saturated rings. The van der Waals surface area contributed by atoms with Gasteiger partial charge >= 0.3 is 12.3 Å².